The van der Waals surface area contributed by atoms with Gasteiger partial charge in [0.15, 0.2) is 0 Å². The highest BCUT2D eigenvalue weighted by Crippen LogP contribution is 2.33. The number of carbonyl (C=O) groups excluding carboxylic acids is 1. The second-order valence-electron chi connectivity index (χ2n) is 9.21. The van der Waals surface area contributed by atoms with Crippen molar-refractivity contribution in [1.29, 1.82) is 5.26 Å². The van der Waals surface area contributed by atoms with Gasteiger partial charge in [0.25, 0.3) is 0 Å². The monoisotopic (exact) mass is 502 g/mol. The van der Waals surface area contributed by atoms with Crippen LogP contribution >= 0.6 is 0 Å². The molecule has 11 heteroatoms. The fraction of sp³-hybridized carbons (Fsp3) is 0.520. The molecule has 8 nitrogen and oxygen atoms in total. The summed E-state index contributed by atoms with van der Waals surface area (Å²) in [6.07, 6.45) is -1.81. The van der Waals surface area contributed by atoms with E-state index < -0.39 is 18.0 Å². The Morgan fingerprint density at radius 3 is 2.56 bits per heavy atom. The van der Waals surface area contributed by atoms with E-state index >= 15 is 0 Å². The van der Waals surface area contributed by atoms with Crippen LogP contribution in [0.3, 0.4) is 0 Å². The minimum Gasteiger partial charge on any atom is -0.474 e. The van der Waals surface area contributed by atoms with Crippen molar-refractivity contribution in [1.82, 2.24) is 20.2 Å². The summed E-state index contributed by atoms with van der Waals surface area (Å²) in [6.45, 7) is 2.38. The quantitative estimate of drug-likeness (QED) is 0.622. The van der Waals surface area contributed by atoms with Gasteiger partial charge in [0.1, 0.15) is 18.0 Å². The molecular formula is C25H29F3N6O2. The van der Waals surface area contributed by atoms with Crippen LogP contribution in [-0.4, -0.2) is 66.1 Å². The van der Waals surface area contributed by atoms with Crippen LogP contribution in [0.1, 0.15) is 42.6 Å². The largest absolute Gasteiger partial charge is 0.474 e. The molecule has 1 aromatic carbocycles. The van der Waals surface area contributed by atoms with E-state index in [1.165, 1.54) is 6.07 Å². The number of likely N-dealkylation sites (tertiary alicyclic amines) is 1. The summed E-state index contributed by atoms with van der Waals surface area (Å²) in [5, 5.41) is 11.8. The highest BCUT2D eigenvalue weighted by atomic mass is 19.4. The van der Waals surface area contributed by atoms with Gasteiger partial charge in [-0.2, -0.15) is 23.4 Å². The number of nitrogens with one attached hydrogen (secondary N) is 1. The molecule has 0 aliphatic carbocycles. The third-order valence-corrected chi connectivity index (χ3v) is 6.54. The number of amides is 1. The Hall–Kier alpha value is -3.39. The normalized spacial score (nSPS) is 19.2. The first kappa shape index (κ1) is 25.7. The lowest BCUT2D eigenvalue weighted by Gasteiger charge is -2.30. The number of rotatable bonds is 7. The standard InChI is InChI=1S/C25H29F3N6O2/c1-33-13-9-19(10-14-33)36-22-15-21(31-24(32-22)25(26,27)28)34-12-2-3-20(34)23(35)30-11-8-17-4-6-18(16-29)7-5-17/h4-7,15,19-20H,2-3,8-14H2,1H3,(H,30,35)/t20-/m0/s1. The fourth-order valence-corrected chi connectivity index (χ4v) is 4.53. The SMILES string of the molecule is CN1CCC(Oc2cc(N3CCC[C@H]3C(=O)NCCc3ccc(C#N)cc3)nc(C(F)(F)F)n2)CC1. The van der Waals surface area contributed by atoms with Crippen molar-refractivity contribution < 1.29 is 22.7 Å². The Morgan fingerprint density at radius 2 is 1.89 bits per heavy atom. The Balaban J connectivity index is 1.45. The van der Waals surface area contributed by atoms with Crippen LogP contribution in [0.15, 0.2) is 30.3 Å². The molecule has 0 radical (unpaired) electrons. The van der Waals surface area contributed by atoms with E-state index in [0.717, 1.165) is 18.7 Å². The van der Waals surface area contributed by atoms with Gasteiger partial charge in [0.2, 0.25) is 17.6 Å². The summed E-state index contributed by atoms with van der Waals surface area (Å²) in [5.41, 5.74) is 1.53. The van der Waals surface area contributed by atoms with E-state index in [1.54, 1.807) is 17.0 Å². The van der Waals surface area contributed by atoms with Gasteiger partial charge < -0.3 is 19.9 Å². The maximum Gasteiger partial charge on any atom is 0.451 e. The second-order valence-corrected chi connectivity index (χ2v) is 9.21. The number of hydrogen-bond acceptors (Lipinski definition) is 7. The van der Waals surface area contributed by atoms with Crippen LogP contribution in [0.5, 0.6) is 5.88 Å². The topological polar surface area (TPSA) is 94.4 Å². The van der Waals surface area contributed by atoms with Gasteiger partial charge in [-0.25, -0.2) is 4.98 Å². The number of piperidine rings is 1. The van der Waals surface area contributed by atoms with Gasteiger partial charge in [0.05, 0.1) is 11.6 Å². The summed E-state index contributed by atoms with van der Waals surface area (Å²) in [4.78, 5) is 24.1. The lowest BCUT2D eigenvalue weighted by atomic mass is 10.1. The summed E-state index contributed by atoms with van der Waals surface area (Å²) in [7, 11) is 1.99. The van der Waals surface area contributed by atoms with Crippen LogP contribution < -0.4 is 15.0 Å². The van der Waals surface area contributed by atoms with E-state index in [2.05, 4.69) is 26.3 Å². The summed E-state index contributed by atoms with van der Waals surface area (Å²) < 4.78 is 46.6. The van der Waals surface area contributed by atoms with Crippen LogP contribution in [0, 0.1) is 11.3 Å². The van der Waals surface area contributed by atoms with Crippen molar-refractivity contribution in [2.45, 2.75) is 50.4 Å². The number of carbonyl (C=O) groups is 1. The van der Waals surface area contributed by atoms with Crippen molar-refractivity contribution in [3.63, 3.8) is 0 Å². The average Bonchev–Trinajstić information content (AvgIpc) is 3.35. The number of ether oxygens (including phenoxy) is 1. The molecule has 2 fully saturated rings. The molecule has 0 bridgehead atoms. The molecule has 4 rings (SSSR count). The first-order valence-electron chi connectivity index (χ1n) is 12.1. The van der Waals surface area contributed by atoms with Gasteiger partial charge in [-0.3, -0.25) is 4.79 Å². The predicted octanol–water partition coefficient (Wildman–Crippen LogP) is 3.17. The van der Waals surface area contributed by atoms with Crippen LogP contribution in [0.2, 0.25) is 0 Å². The van der Waals surface area contributed by atoms with Gasteiger partial charge in [-0.05, 0) is 56.8 Å². The van der Waals surface area contributed by atoms with Crippen molar-refractivity contribution in [2.75, 3.05) is 38.1 Å². The Labute approximate surface area is 208 Å². The Morgan fingerprint density at radius 1 is 1.17 bits per heavy atom. The number of aromatic nitrogens is 2. The first-order chi connectivity index (χ1) is 17.2. The molecule has 2 aromatic rings. The number of nitrogens with zero attached hydrogens (tertiary/aromatic N) is 5. The fourth-order valence-electron chi connectivity index (χ4n) is 4.53. The molecule has 1 atom stereocenters. The molecule has 3 heterocycles. The predicted molar refractivity (Wildman–Crippen MR) is 126 cm³/mol. The van der Waals surface area contributed by atoms with E-state index in [9.17, 15) is 18.0 Å². The van der Waals surface area contributed by atoms with Crippen molar-refractivity contribution in [3.8, 4) is 11.9 Å². The molecule has 1 N–H and O–H groups in total. The maximum atomic E-state index is 13.6. The zero-order valence-corrected chi connectivity index (χ0v) is 20.1. The Bertz CT molecular complexity index is 1090. The third-order valence-electron chi connectivity index (χ3n) is 6.54. The molecule has 1 aromatic heterocycles. The molecule has 2 saturated heterocycles. The lowest BCUT2D eigenvalue weighted by molar-refractivity contribution is -0.145. The smallest absolute Gasteiger partial charge is 0.451 e. The number of hydrogen-bond donors (Lipinski definition) is 1. The van der Waals surface area contributed by atoms with Crippen molar-refractivity contribution in [3.05, 3.63) is 47.3 Å². The molecule has 2 aliphatic rings. The van der Waals surface area contributed by atoms with E-state index in [0.29, 0.717) is 50.8 Å². The molecular weight excluding hydrogens is 473 g/mol. The van der Waals surface area contributed by atoms with Crippen LogP contribution in [0.25, 0.3) is 0 Å². The molecule has 36 heavy (non-hydrogen) atoms. The number of anilines is 1. The van der Waals surface area contributed by atoms with Gasteiger partial charge in [0, 0.05) is 32.2 Å². The summed E-state index contributed by atoms with van der Waals surface area (Å²) >= 11 is 0. The highest BCUT2D eigenvalue weighted by molar-refractivity contribution is 5.85. The molecule has 0 saturated carbocycles. The minimum atomic E-state index is -4.74. The number of halogens is 3. The highest BCUT2D eigenvalue weighted by Gasteiger charge is 2.38. The van der Waals surface area contributed by atoms with E-state index in [-0.39, 0.29) is 23.7 Å². The van der Waals surface area contributed by atoms with Gasteiger partial charge in [-0.1, -0.05) is 12.1 Å². The number of alkyl halides is 3. The zero-order valence-electron chi connectivity index (χ0n) is 20.1. The number of nitriles is 1. The van der Waals surface area contributed by atoms with Gasteiger partial charge in [-0.15, -0.1) is 0 Å². The van der Waals surface area contributed by atoms with E-state index in [1.807, 2.05) is 19.2 Å². The first-order valence-corrected chi connectivity index (χ1v) is 12.1. The van der Waals surface area contributed by atoms with E-state index in [4.69, 9.17) is 10.00 Å². The second kappa shape index (κ2) is 11.1. The maximum absolute atomic E-state index is 13.6. The number of benzene rings is 1. The summed E-state index contributed by atoms with van der Waals surface area (Å²) in [6, 6.07) is 9.94. The summed E-state index contributed by atoms with van der Waals surface area (Å²) in [5.74, 6) is -1.60. The zero-order chi connectivity index (χ0) is 25.7. The molecule has 192 valence electrons. The molecule has 0 spiro atoms. The average molecular weight is 503 g/mol. The molecule has 2 aliphatic heterocycles. The molecule has 0 unspecified atom stereocenters. The minimum absolute atomic E-state index is 0.0463. The third kappa shape index (κ3) is 6.43. The lowest BCUT2D eigenvalue weighted by Crippen LogP contribution is -2.44. The van der Waals surface area contributed by atoms with Crippen molar-refractivity contribution in [2.24, 2.45) is 0 Å². The van der Waals surface area contributed by atoms with Crippen molar-refractivity contribution >= 4 is 11.7 Å². The molecule has 1 amide bonds. The Kier molecular flexibility index (Phi) is 7.94. The van der Waals surface area contributed by atoms with Crippen LogP contribution in [-0.2, 0) is 17.4 Å². The van der Waals surface area contributed by atoms with Crippen LogP contribution in [0.4, 0.5) is 19.0 Å². The van der Waals surface area contributed by atoms with Gasteiger partial charge >= 0.3 is 6.18 Å².